The number of benzene rings is 1. The zero-order chi connectivity index (χ0) is 14.7. The zero-order valence-corrected chi connectivity index (χ0v) is 11.4. The molecule has 0 bridgehead atoms. The monoisotopic (exact) mass is 286 g/mol. The molecule has 5 nitrogen and oxygen atoms in total. The summed E-state index contributed by atoms with van der Waals surface area (Å²) in [5.74, 6) is -0.359. The highest BCUT2D eigenvalue weighted by Gasteiger charge is 2.24. The maximum absolute atomic E-state index is 13.8. The van der Waals surface area contributed by atoms with E-state index < -0.39 is 0 Å². The van der Waals surface area contributed by atoms with Crippen molar-refractivity contribution in [1.82, 2.24) is 15.1 Å². The van der Waals surface area contributed by atoms with Crippen molar-refractivity contribution in [1.29, 1.82) is 0 Å². The molecule has 1 aromatic carbocycles. The fourth-order valence-corrected chi connectivity index (χ4v) is 2.44. The Morgan fingerprint density at radius 2 is 1.81 bits per heavy atom. The van der Waals surface area contributed by atoms with Gasteiger partial charge in [0.15, 0.2) is 5.69 Å². The van der Waals surface area contributed by atoms with Crippen LogP contribution in [0, 0.1) is 5.82 Å². The van der Waals surface area contributed by atoms with Crippen molar-refractivity contribution in [2.75, 3.05) is 31.1 Å². The van der Waals surface area contributed by atoms with Gasteiger partial charge in [-0.2, -0.15) is 5.10 Å². The lowest BCUT2D eigenvalue weighted by Gasteiger charge is -2.36. The van der Waals surface area contributed by atoms with Crippen LogP contribution < -0.4 is 4.90 Å². The Kier molecular flexibility index (Phi) is 3.77. The molecule has 2 heterocycles. The molecule has 0 spiro atoms. The van der Waals surface area contributed by atoms with Gasteiger partial charge in [0.05, 0.1) is 5.69 Å². The second-order valence-electron chi connectivity index (χ2n) is 4.84. The SMILES string of the molecule is O=C(c1cccnn1)N1CCN(c2ccccc2F)CC1. The van der Waals surface area contributed by atoms with E-state index in [2.05, 4.69) is 10.2 Å². The number of anilines is 1. The highest BCUT2D eigenvalue weighted by atomic mass is 19.1. The first-order chi connectivity index (χ1) is 10.3. The van der Waals surface area contributed by atoms with Gasteiger partial charge in [-0.05, 0) is 24.3 Å². The standard InChI is InChI=1S/C15H15FN4O/c16-12-4-1-2-6-14(12)19-8-10-20(11-9-19)15(21)13-5-3-7-17-18-13/h1-7H,8-11H2. The predicted octanol–water partition coefficient (Wildman–Crippen LogP) is 1.58. The molecule has 21 heavy (non-hydrogen) atoms. The molecule has 3 rings (SSSR count). The van der Waals surface area contributed by atoms with Crippen LogP contribution in [0.15, 0.2) is 42.6 Å². The Bertz CT molecular complexity index is 627. The lowest BCUT2D eigenvalue weighted by atomic mass is 10.2. The number of halogens is 1. The summed E-state index contributed by atoms with van der Waals surface area (Å²) in [5.41, 5.74) is 0.931. The van der Waals surface area contributed by atoms with E-state index >= 15 is 0 Å². The van der Waals surface area contributed by atoms with Crippen molar-refractivity contribution in [3.8, 4) is 0 Å². The van der Waals surface area contributed by atoms with Crippen LogP contribution in [0.3, 0.4) is 0 Å². The molecule has 1 saturated heterocycles. The minimum Gasteiger partial charge on any atom is -0.366 e. The molecule has 0 atom stereocenters. The summed E-state index contributed by atoms with van der Waals surface area (Å²) in [7, 11) is 0. The van der Waals surface area contributed by atoms with Crippen molar-refractivity contribution >= 4 is 11.6 Å². The number of carbonyl (C=O) groups is 1. The Balaban J connectivity index is 1.66. The number of rotatable bonds is 2. The number of para-hydroxylation sites is 1. The molecule has 2 aromatic rings. The fourth-order valence-electron chi connectivity index (χ4n) is 2.44. The van der Waals surface area contributed by atoms with Gasteiger partial charge in [-0.25, -0.2) is 4.39 Å². The number of piperazine rings is 1. The molecule has 0 saturated carbocycles. The Labute approximate surface area is 122 Å². The molecule has 1 aliphatic rings. The Morgan fingerprint density at radius 3 is 2.48 bits per heavy atom. The van der Waals surface area contributed by atoms with Crippen LogP contribution in [-0.2, 0) is 0 Å². The summed E-state index contributed by atoms with van der Waals surface area (Å²) in [4.78, 5) is 15.9. The van der Waals surface area contributed by atoms with E-state index in [1.807, 2.05) is 11.0 Å². The molecular weight excluding hydrogens is 271 g/mol. The first-order valence-electron chi connectivity index (χ1n) is 6.82. The van der Waals surface area contributed by atoms with Gasteiger partial charge in [-0.3, -0.25) is 4.79 Å². The van der Waals surface area contributed by atoms with E-state index in [0.29, 0.717) is 37.6 Å². The van der Waals surface area contributed by atoms with Crippen LogP contribution in [0.5, 0.6) is 0 Å². The third-order valence-electron chi connectivity index (χ3n) is 3.55. The van der Waals surface area contributed by atoms with E-state index in [1.54, 1.807) is 29.2 Å². The van der Waals surface area contributed by atoms with Gasteiger partial charge in [0.2, 0.25) is 0 Å². The van der Waals surface area contributed by atoms with Gasteiger partial charge in [0.25, 0.3) is 5.91 Å². The first kappa shape index (κ1) is 13.5. The zero-order valence-electron chi connectivity index (χ0n) is 11.4. The largest absolute Gasteiger partial charge is 0.366 e. The summed E-state index contributed by atoms with van der Waals surface area (Å²) in [6.45, 7) is 2.30. The quantitative estimate of drug-likeness (QED) is 0.841. The van der Waals surface area contributed by atoms with E-state index in [4.69, 9.17) is 0 Å². The van der Waals surface area contributed by atoms with Crippen LogP contribution in [0.25, 0.3) is 0 Å². The molecule has 1 amide bonds. The minimum atomic E-state index is -0.230. The second-order valence-corrected chi connectivity index (χ2v) is 4.84. The maximum atomic E-state index is 13.8. The van der Waals surface area contributed by atoms with Crippen molar-refractivity contribution < 1.29 is 9.18 Å². The molecule has 6 heteroatoms. The van der Waals surface area contributed by atoms with Gasteiger partial charge in [0.1, 0.15) is 5.82 Å². The molecule has 0 N–H and O–H groups in total. The van der Waals surface area contributed by atoms with E-state index in [9.17, 15) is 9.18 Å². The molecule has 1 aliphatic heterocycles. The number of nitrogens with zero attached hydrogens (tertiary/aromatic N) is 4. The lowest BCUT2D eigenvalue weighted by molar-refractivity contribution is 0.0739. The minimum absolute atomic E-state index is 0.128. The highest BCUT2D eigenvalue weighted by molar-refractivity contribution is 5.92. The third-order valence-corrected chi connectivity index (χ3v) is 3.55. The smallest absolute Gasteiger partial charge is 0.274 e. The number of amides is 1. The maximum Gasteiger partial charge on any atom is 0.274 e. The fraction of sp³-hybridized carbons (Fsp3) is 0.267. The van der Waals surface area contributed by atoms with Gasteiger partial charge in [0, 0.05) is 32.4 Å². The molecule has 1 aromatic heterocycles. The third kappa shape index (κ3) is 2.84. The van der Waals surface area contributed by atoms with Crippen LogP contribution in [0.4, 0.5) is 10.1 Å². The molecule has 0 unspecified atom stereocenters. The summed E-state index contributed by atoms with van der Waals surface area (Å²) in [6, 6.07) is 10.0. The molecule has 0 aliphatic carbocycles. The average Bonchev–Trinajstić information content (AvgIpc) is 2.56. The van der Waals surface area contributed by atoms with Crippen LogP contribution in [0.2, 0.25) is 0 Å². The topological polar surface area (TPSA) is 49.3 Å². The summed E-state index contributed by atoms with van der Waals surface area (Å²) in [6.07, 6.45) is 1.53. The molecule has 1 fully saturated rings. The summed E-state index contributed by atoms with van der Waals surface area (Å²) >= 11 is 0. The predicted molar refractivity (Wildman–Crippen MR) is 76.5 cm³/mol. The lowest BCUT2D eigenvalue weighted by Crippen LogP contribution is -2.49. The number of hydrogen-bond donors (Lipinski definition) is 0. The van der Waals surface area contributed by atoms with Gasteiger partial charge >= 0.3 is 0 Å². The number of carbonyl (C=O) groups excluding carboxylic acids is 1. The summed E-state index contributed by atoms with van der Waals surface area (Å²) in [5, 5.41) is 7.55. The van der Waals surface area contributed by atoms with Crippen LogP contribution in [0.1, 0.15) is 10.5 Å². The Hall–Kier alpha value is -2.50. The van der Waals surface area contributed by atoms with Crippen LogP contribution in [-0.4, -0.2) is 47.2 Å². The number of hydrogen-bond acceptors (Lipinski definition) is 4. The second kappa shape index (κ2) is 5.87. The average molecular weight is 286 g/mol. The van der Waals surface area contributed by atoms with Crippen molar-refractivity contribution in [3.63, 3.8) is 0 Å². The highest BCUT2D eigenvalue weighted by Crippen LogP contribution is 2.20. The molecule has 108 valence electrons. The number of aromatic nitrogens is 2. The van der Waals surface area contributed by atoms with E-state index in [0.717, 1.165) is 0 Å². The summed E-state index contributed by atoms with van der Waals surface area (Å²) < 4.78 is 13.8. The Morgan fingerprint density at radius 1 is 1.05 bits per heavy atom. The van der Waals surface area contributed by atoms with Crippen molar-refractivity contribution in [2.45, 2.75) is 0 Å². The van der Waals surface area contributed by atoms with Gasteiger partial charge in [-0.15, -0.1) is 5.10 Å². The normalized spacial score (nSPS) is 15.1. The van der Waals surface area contributed by atoms with Crippen molar-refractivity contribution in [2.24, 2.45) is 0 Å². The van der Waals surface area contributed by atoms with E-state index in [-0.39, 0.29) is 11.7 Å². The van der Waals surface area contributed by atoms with E-state index in [1.165, 1.54) is 12.3 Å². The molecule has 0 radical (unpaired) electrons. The van der Waals surface area contributed by atoms with Gasteiger partial charge < -0.3 is 9.80 Å². The first-order valence-corrected chi connectivity index (χ1v) is 6.82. The molecular formula is C15H15FN4O. The van der Waals surface area contributed by atoms with Crippen LogP contribution >= 0.6 is 0 Å². The van der Waals surface area contributed by atoms with Crippen molar-refractivity contribution in [3.05, 3.63) is 54.1 Å². The van der Waals surface area contributed by atoms with Gasteiger partial charge in [-0.1, -0.05) is 12.1 Å².